The van der Waals surface area contributed by atoms with E-state index in [-0.39, 0.29) is 25.8 Å². The second-order valence-electron chi connectivity index (χ2n) is 17.8. The van der Waals surface area contributed by atoms with E-state index in [9.17, 15) is 14.3 Å². The second kappa shape index (κ2) is 44.1. The highest BCUT2D eigenvalue weighted by molar-refractivity contribution is 7.47. The van der Waals surface area contributed by atoms with E-state index in [0.717, 1.165) is 57.8 Å². The monoisotopic (exact) mass is 867 g/mol. The summed E-state index contributed by atoms with van der Waals surface area (Å²) in [5.41, 5.74) is 0. The summed E-state index contributed by atoms with van der Waals surface area (Å²) in [4.78, 5) is 23.0. The second-order valence-corrected chi connectivity index (χ2v) is 19.3. The minimum absolute atomic E-state index is 0.0785. The van der Waals surface area contributed by atoms with Crippen LogP contribution in [0, 0.1) is 0 Å². The predicted molar refractivity (Wildman–Crippen MR) is 256 cm³/mol. The molecule has 0 saturated heterocycles. The van der Waals surface area contributed by atoms with Gasteiger partial charge in [-0.1, -0.05) is 210 Å². The number of nitrogens with zero attached hydrogens (tertiary/aromatic N) is 1. The Kier molecular flexibility index (Phi) is 43.0. The number of hydrogen-bond donors (Lipinski definition) is 1. The van der Waals surface area contributed by atoms with Crippen molar-refractivity contribution in [2.24, 2.45) is 0 Å². The lowest BCUT2D eigenvalue weighted by Crippen LogP contribution is -2.37. The van der Waals surface area contributed by atoms with Crippen molar-refractivity contribution < 1.29 is 37.3 Å². The Hall–Kier alpha value is -1.54. The minimum Gasteiger partial charge on any atom is -0.457 e. The van der Waals surface area contributed by atoms with E-state index < -0.39 is 13.9 Å². The summed E-state index contributed by atoms with van der Waals surface area (Å²) in [6.45, 7) is 5.38. The first-order valence-electron chi connectivity index (χ1n) is 24.9. The summed E-state index contributed by atoms with van der Waals surface area (Å²) in [7, 11) is 1.64. The summed E-state index contributed by atoms with van der Waals surface area (Å²) < 4.78 is 35.0. The number of esters is 1. The van der Waals surface area contributed by atoms with Gasteiger partial charge in [-0.2, -0.15) is 0 Å². The van der Waals surface area contributed by atoms with Gasteiger partial charge in [-0.3, -0.25) is 13.8 Å². The molecule has 0 heterocycles. The smallest absolute Gasteiger partial charge is 0.457 e. The molecule has 352 valence electrons. The van der Waals surface area contributed by atoms with Gasteiger partial charge in [0.1, 0.15) is 19.3 Å². The van der Waals surface area contributed by atoms with E-state index in [2.05, 4.69) is 62.5 Å². The highest BCUT2D eigenvalue weighted by Crippen LogP contribution is 2.43. The molecule has 2 unspecified atom stereocenters. The maximum atomic E-state index is 12.7. The molecule has 9 heteroatoms. The molecular weight excluding hydrogens is 770 g/mol. The first kappa shape index (κ1) is 58.5. The molecule has 0 spiro atoms. The fourth-order valence-electron chi connectivity index (χ4n) is 6.85. The average Bonchev–Trinajstić information content (AvgIpc) is 3.20. The third-order valence-corrected chi connectivity index (χ3v) is 11.6. The Bertz CT molecular complexity index is 1100. The van der Waals surface area contributed by atoms with Gasteiger partial charge in [0.25, 0.3) is 0 Å². The zero-order chi connectivity index (χ0) is 44.1. The molecule has 0 fully saturated rings. The molecule has 0 aliphatic carbocycles. The van der Waals surface area contributed by atoms with Crippen molar-refractivity contribution in [2.75, 3.05) is 54.1 Å². The number of allylic oxidation sites excluding steroid dienone is 8. The van der Waals surface area contributed by atoms with Crippen molar-refractivity contribution in [2.45, 2.75) is 219 Å². The van der Waals surface area contributed by atoms with Gasteiger partial charge in [-0.15, -0.1) is 0 Å². The molecular formula is C51H97NO7P+. The van der Waals surface area contributed by atoms with Gasteiger partial charge in [0.15, 0.2) is 0 Å². The zero-order valence-electron chi connectivity index (χ0n) is 39.9. The third kappa shape index (κ3) is 47.5. The number of unbranched alkanes of at least 4 members (excludes halogenated alkanes) is 24. The molecule has 1 N–H and O–H groups in total. The highest BCUT2D eigenvalue weighted by atomic mass is 31.2. The van der Waals surface area contributed by atoms with Crippen LogP contribution in [0.4, 0.5) is 0 Å². The van der Waals surface area contributed by atoms with Crippen LogP contribution in [-0.2, 0) is 27.9 Å². The van der Waals surface area contributed by atoms with Gasteiger partial charge in [-0.05, 0) is 44.9 Å². The average molecular weight is 867 g/mol. The van der Waals surface area contributed by atoms with Crippen molar-refractivity contribution in [3.63, 3.8) is 0 Å². The first-order chi connectivity index (χ1) is 29.1. The number of rotatable bonds is 46. The number of quaternary nitrogens is 1. The molecule has 0 aromatic heterocycles. The van der Waals surface area contributed by atoms with Gasteiger partial charge in [-0.25, -0.2) is 4.57 Å². The van der Waals surface area contributed by atoms with Crippen LogP contribution in [0.1, 0.15) is 213 Å². The quantitative estimate of drug-likeness (QED) is 0.0214. The molecule has 0 radical (unpaired) electrons. The molecule has 2 atom stereocenters. The lowest BCUT2D eigenvalue weighted by atomic mass is 10.0. The number of ether oxygens (including phenoxy) is 2. The van der Waals surface area contributed by atoms with Crippen LogP contribution < -0.4 is 0 Å². The van der Waals surface area contributed by atoms with Crippen molar-refractivity contribution in [3.05, 3.63) is 48.6 Å². The SMILES string of the molecule is CC/C=C\C/C=C\C/C=C\C/C=C\CCCOCC(COP(=O)(O)OCC[N+](C)(C)C)OC(=O)CCCCCCCCCCCCCCCCCCCCCCCCCC. The molecule has 0 aliphatic heterocycles. The third-order valence-electron chi connectivity index (χ3n) is 10.7. The summed E-state index contributed by atoms with van der Waals surface area (Å²) in [6, 6.07) is 0. The molecule has 8 nitrogen and oxygen atoms in total. The molecule has 0 aromatic rings. The number of carbonyl (C=O) groups is 1. The van der Waals surface area contributed by atoms with Gasteiger partial charge < -0.3 is 18.9 Å². The minimum atomic E-state index is -4.29. The van der Waals surface area contributed by atoms with Crippen molar-refractivity contribution >= 4 is 13.8 Å². The van der Waals surface area contributed by atoms with Gasteiger partial charge in [0.05, 0.1) is 34.4 Å². The van der Waals surface area contributed by atoms with E-state index in [1.54, 1.807) is 0 Å². The molecule has 0 saturated carbocycles. The Labute approximate surface area is 371 Å². The maximum absolute atomic E-state index is 12.7. The van der Waals surface area contributed by atoms with Crippen LogP contribution in [0.15, 0.2) is 48.6 Å². The largest absolute Gasteiger partial charge is 0.472 e. The van der Waals surface area contributed by atoms with E-state index in [1.807, 2.05) is 21.1 Å². The summed E-state index contributed by atoms with van der Waals surface area (Å²) in [5.74, 6) is -0.329. The standard InChI is InChI=1S/C51H96NO7P/c1-6-8-10-12-14-16-18-20-22-23-24-25-26-27-28-29-30-31-32-34-36-38-40-42-44-51(53)59-50(49-58-60(54,55)57-47-45-52(3,4)5)48-56-46-43-41-39-37-35-33-21-19-17-15-13-11-9-7-2/h9,11,15,17,21,33,37,39,50H,6-8,10,12-14,16,18-20,22-32,34-36,38,40-49H2,1-5H3/p+1/b11-9-,17-15-,33-21-,39-37-. The fraction of sp³-hybridized carbons (Fsp3) is 0.824. The van der Waals surface area contributed by atoms with Gasteiger partial charge in [0.2, 0.25) is 0 Å². The Morgan fingerprint density at radius 3 is 1.38 bits per heavy atom. The van der Waals surface area contributed by atoms with E-state index in [0.29, 0.717) is 24.1 Å². The molecule has 60 heavy (non-hydrogen) atoms. The maximum Gasteiger partial charge on any atom is 0.472 e. The predicted octanol–water partition coefficient (Wildman–Crippen LogP) is 15.1. The topological polar surface area (TPSA) is 91.3 Å². The molecule has 0 aliphatic rings. The number of phosphoric acid groups is 1. The molecule has 0 rings (SSSR count). The lowest BCUT2D eigenvalue weighted by Gasteiger charge is -2.24. The lowest BCUT2D eigenvalue weighted by molar-refractivity contribution is -0.870. The van der Waals surface area contributed by atoms with Crippen LogP contribution in [0.5, 0.6) is 0 Å². The van der Waals surface area contributed by atoms with Gasteiger partial charge >= 0.3 is 13.8 Å². The number of carbonyl (C=O) groups excluding carboxylic acids is 1. The number of phosphoric ester groups is 1. The summed E-state index contributed by atoms with van der Waals surface area (Å²) in [5, 5.41) is 0. The summed E-state index contributed by atoms with van der Waals surface area (Å²) in [6.07, 6.45) is 54.7. The Balaban J connectivity index is 4.12. The van der Waals surface area contributed by atoms with Crippen molar-refractivity contribution in [1.29, 1.82) is 0 Å². The first-order valence-corrected chi connectivity index (χ1v) is 26.4. The molecule has 0 amide bonds. The summed E-state index contributed by atoms with van der Waals surface area (Å²) >= 11 is 0. The Morgan fingerprint density at radius 2 is 0.950 bits per heavy atom. The normalized spacial score (nSPS) is 14.0. The van der Waals surface area contributed by atoms with Gasteiger partial charge in [0, 0.05) is 13.0 Å². The van der Waals surface area contributed by atoms with Crippen molar-refractivity contribution in [3.8, 4) is 0 Å². The molecule has 0 aromatic carbocycles. The van der Waals surface area contributed by atoms with Crippen molar-refractivity contribution in [1.82, 2.24) is 0 Å². The zero-order valence-corrected chi connectivity index (χ0v) is 40.8. The number of hydrogen-bond acceptors (Lipinski definition) is 6. The van der Waals surface area contributed by atoms with E-state index in [1.165, 1.54) is 135 Å². The fourth-order valence-corrected chi connectivity index (χ4v) is 7.59. The van der Waals surface area contributed by atoms with Crippen LogP contribution in [0.25, 0.3) is 0 Å². The molecule has 0 bridgehead atoms. The van der Waals surface area contributed by atoms with Crippen LogP contribution in [0.3, 0.4) is 0 Å². The van der Waals surface area contributed by atoms with E-state index >= 15 is 0 Å². The van der Waals surface area contributed by atoms with E-state index in [4.69, 9.17) is 18.5 Å². The van der Waals surface area contributed by atoms with Crippen LogP contribution >= 0.6 is 7.82 Å². The van der Waals surface area contributed by atoms with Crippen LogP contribution in [-0.4, -0.2) is 75.6 Å². The Morgan fingerprint density at radius 1 is 0.533 bits per heavy atom. The van der Waals surface area contributed by atoms with Crippen LogP contribution in [0.2, 0.25) is 0 Å². The number of likely N-dealkylation sites (N-methyl/N-ethyl adjacent to an activating group) is 1. The highest BCUT2D eigenvalue weighted by Gasteiger charge is 2.26.